The number of nitrogens with two attached hydrogens (primary N) is 1. The molecule has 1 saturated carbocycles. The third kappa shape index (κ3) is 2.53. The molecule has 2 unspecified atom stereocenters. The number of rotatable bonds is 3. The minimum atomic E-state index is -0.168. The summed E-state index contributed by atoms with van der Waals surface area (Å²) >= 11 is 1.66. The van der Waals surface area contributed by atoms with Gasteiger partial charge in [0.2, 0.25) is 0 Å². The van der Waals surface area contributed by atoms with Gasteiger partial charge in [0.05, 0.1) is 32.7 Å². The molecule has 1 aromatic heterocycles. The molecule has 19 heavy (non-hydrogen) atoms. The Kier molecular flexibility index (Phi) is 3.33. The number of aromatic nitrogens is 1. The number of thiazole rings is 1. The molecule has 3 rings (SSSR count). The Balaban J connectivity index is 1.78. The van der Waals surface area contributed by atoms with Gasteiger partial charge in [0.1, 0.15) is 0 Å². The first-order valence-corrected chi connectivity index (χ1v) is 7.54. The summed E-state index contributed by atoms with van der Waals surface area (Å²) in [6.45, 7) is 2.78. The Hall–Kier alpha value is -1.33. The van der Waals surface area contributed by atoms with Crippen LogP contribution in [0.1, 0.15) is 24.3 Å². The topological polar surface area (TPSA) is 71.2 Å². The van der Waals surface area contributed by atoms with E-state index in [1.54, 1.807) is 11.3 Å². The molecule has 4 N–H and O–H groups in total. The van der Waals surface area contributed by atoms with Crippen LogP contribution in [-0.4, -0.2) is 22.7 Å². The first-order chi connectivity index (χ1) is 9.13. The molecule has 102 valence electrons. The molecule has 1 aliphatic rings. The Morgan fingerprint density at radius 3 is 3.05 bits per heavy atom. The highest BCUT2D eigenvalue weighted by Gasteiger charge is 2.24. The van der Waals surface area contributed by atoms with Crippen LogP contribution in [0.15, 0.2) is 12.1 Å². The second kappa shape index (κ2) is 4.98. The Labute approximate surface area is 116 Å². The van der Waals surface area contributed by atoms with Crippen LogP contribution in [0.2, 0.25) is 0 Å². The fraction of sp³-hybridized carbons (Fsp3) is 0.500. The van der Waals surface area contributed by atoms with Gasteiger partial charge in [-0.1, -0.05) is 6.42 Å². The highest BCUT2D eigenvalue weighted by molar-refractivity contribution is 7.18. The fourth-order valence-corrected chi connectivity index (χ4v) is 3.61. The zero-order chi connectivity index (χ0) is 13.4. The van der Waals surface area contributed by atoms with Crippen LogP contribution in [0.4, 0.5) is 11.4 Å². The highest BCUT2D eigenvalue weighted by Crippen LogP contribution is 2.31. The lowest BCUT2D eigenvalue weighted by atomic mass is 10.1. The van der Waals surface area contributed by atoms with E-state index in [2.05, 4.69) is 10.3 Å². The van der Waals surface area contributed by atoms with E-state index in [-0.39, 0.29) is 6.10 Å². The molecule has 1 fully saturated rings. The van der Waals surface area contributed by atoms with Crippen molar-refractivity contribution < 1.29 is 5.11 Å². The first kappa shape index (κ1) is 12.7. The Bertz CT molecular complexity index is 596. The normalized spacial score (nSPS) is 23.1. The monoisotopic (exact) mass is 277 g/mol. The van der Waals surface area contributed by atoms with Gasteiger partial charge < -0.3 is 16.2 Å². The van der Waals surface area contributed by atoms with Gasteiger partial charge >= 0.3 is 0 Å². The number of nitrogens with zero attached hydrogens (tertiary/aromatic N) is 1. The van der Waals surface area contributed by atoms with Gasteiger partial charge in [-0.25, -0.2) is 4.98 Å². The van der Waals surface area contributed by atoms with Gasteiger partial charge in [-0.3, -0.25) is 0 Å². The maximum absolute atomic E-state index is 9.83. The zero-order valence-electron chi connectivity index (χ0n) is 11.0. The van der Waals surface area contributed by atoms with Crippen molar-refractivity contribution in [2.24, 2.45) is 5.92 Å². The van der Waals surface area contributed by atoms with Crippen molar-refractivity contribution in [1.29, 1.82) is 0 Å². The van der Waals surface area contributed by atoms with E-state index >= 15 is 0 Å². The number of hydrogen-bond acceptors (Lipinski definition) is 5. The van der Waals surface area contributed by atoms with E-state index in [0.717, 1.165) is 52.4 Å². The van der Waals surface area contributed by atoms with Crippen LogP contribution in [0.5, 0.6) is 0 Å². The van der Waals surface area contributed by atoms with E-state index in [1.807, 2.05) is 19.1 Å². The highest BCUT2D eigenvalue weighted by atomic mass is 32.1. The summed E-state index contributed by atoms with van der Waals surface area (Å²) in [6, 6.07) is 3.99. The van der Waals surface area contributed by atoms with E-state index in [1.165, 1.54) is 0 Å². The Morgan fingerprint density at radius 2 is 2.32 bits per heavy atom. The molecular formula is C14H19N3OS. The molecule has 1 aromatic carbocycles. The lowest BCUT2D eigenvalue weighted by Crippen LogP contribution is -2.22. The lowest BCUT2D eigenvalue weighted by molar-refractivity contribution is 0.138. The van der Waals surface area contributed by atoms with Crippen LogP contribution in [0, 0.1) is 12.8 Å². The number of anilines is 2. The van der Waals surface area contributed by atoms with Gasteiger partial charge in [-0.15, -0.1) is 11.3 Å². The number of nitrogen functional groups attached to an aromatic ring is 1. The molecule has 0 amide bonds. The molecule has 0 saturated heterocycles. The van der Waals surface area contributed by atoms with Crippen molar-refractivity contribution in [2.45, 2.75) is 32.3 Å². The zero-order valence-corrected chi connectivity index (χ0v) is 11.8. The van der Waals surface area contributed by atoms with Crippen molar-refractivity contribution >= 4 is 32.9 Å². The maximum atomic E-state index is 9.83. The summed E-state index contributed by atoms with van der Waals surface area (Å²) in [5.74, 6) is 0.340. The second-order valence-corrected chi connectivity index (χ2v) is 6.51. The number of fused-ring (bicyclic) bond motifs is 1. The summed E-state index contributed by atoms with van der Waals surface area (Å²) < 4.78 is 1.13. The number of hydrogen-bond donors (Lipinski definition) is 3. The molecule has 0 bridgehead atoms. The summed E-state index contributed by atoms with van der Waals surface area (Å²) in [5, 5.41) is 14.2. The molecule has 5 heteroatoms. The quantitative estimate of drug-likeness (QED) is 0.754. The minimum absolute atomic E-state index is 0.168. The third-order valence-corrected chi connectivity index (χ3v) is 4.77. The van der Waals surface area contributed by atoms with Gasteiger partial charge in [-0.2, -0.15) is 0 Å². The number of nitrogens with one attached hydrogen (secondary N) is 1. The SMILES string of the molecule is Cc1nc2cc(NCC3CCCC3O)c(N)cc2s1. The van der Waals surface area contributed by atoms with Crippen LogP contribution in [0.3, 0.4) is 0 Å². The summed E-state index contributed by atoms with van der Waals surface area (Å²) in [7, 11) is 0. The van der Waals surface area contributed by atoms with Crippen LogP contribution in [0.25, 0.3) is 10.2 Å². The number of aryl methyl sites for hydroxylation is 1. The van der Waals surface area contributed by atoms with Crippen LogP contribution in [-0.2, 0) is 0 Å². The molecule has 4 nitrogen and oxygen atoms in total. The molecule has 1 heterocycles. The summed E-state index contributed by atoms with van der Waals surface area (Å²) in [6.07, 6.45) is 2.96. The largest absolute Gasteiger partial charge is 0.397 e. The molecular weight excluding hydrogens is 258 g/mol. The summed E-state index contributed by atoms with van der Waals surface area (Å²) in [4.78, 5) is 4.48. The third-order valence-electron chi connectivity index (χ3n) is 3.84. The number of aliphatic hydroxyl groups is 1. The second-order valence-electron chi connectivity index (χ2n) is 5.28. The predicted molar refractivity (Wildman–Crippen MR) is 80.6 cm³/mol. The predicted octanol–water partition coefficient (Wildman–Crippen LogP) is 2.76. The van der Waals surface area contributed by atoms with Gasteiger partial charge in [0, 0.05) is 12.5 Å². The average molecular weight is 277 g/mol. The molecule has 0 radical (unpaired) electrons. The van der Waals surface area contributed by atoms with Crippen molar-refractivity contribution in [3.63, 3.8) is 0 Å². The van der Waals surface area contributed by atoms with E-state index in [0.29, 0.717) is 5.92 Å². The minimum Gasteiger partial charge on any atom is -0.397 e. The van der Waals surface area contributed by atoms with E-state index < -0.39 is 0 Å². The van der Waals surface area contributed by atoms with E-state index in [9.17, 15) is 5.11 Å². The van der Waals surface area contributed by atoms with Crippen molar-refractivity contribution in [3.05, 3.63) is 17.1 Å². The van der Waals surface area contributed by atoms with Crippen molar-refractivity contribution in [2.75, 3.05) is 17.6 Å². The number of aliphatic hydroxyl groups excluding tert-OH is 1. The molecule has 0 spiro atoms. The summed E-state index contributed by atoms with van der Waals surface area (Å²) in [5.41, 5.74) is 8.74. The van der Waals surface area contributed by atoms with Gasteiger partial charge in [0.15, 0.2) is 0 Å². The fourth-order valence-electron chi connectivity index (χ4n) is 2.75. The molecule has 2 aromatic rings. The van der Waals surface area contributed by atoms with Crippen molar-refractivity contribution in [1.82, 2.24) is 4.98 Å². The van der Waals surface area contributed by atoms with Crippen molar-refractivity contribution in [3.8, 4) is 0 Å². The lowest BCUT2D eigenvalue weighted by Gasteiger charge is -2.17. The van der Waals surface area contributed by atoms with Crippen LogP contribution < -0.4 is 11.1 Å². The van der Waals surface area contributed by atoms with Gasteiger partial charge in [-0.05, 0) is 31.9 Å². The first-order valence-electron chi connectivity index (χ1n) is 6.72. The molecule has 1 aliphatic carbocycles. The number of benzene rings is 1. The standard InChI is InChI=1S/C14H19N3OS/c1-8-17-12-6-11(10(15)5-14(12)19-8)16-7-9-3-2-4-13(9)18/h5-6,9,13,16,18H,2-4,7,15H2,1H3. The van der Waals surface area contributed by atoms with E-state index in [4.69, 9.17) is 5.73 Å². The smallest absolute Gasteiger partial charge is 0.0907 e. The average Bonchev–Trinajstić information content (AvgIpc) is 2.91. The maximum Gasteiger partial charge on any atom is 0.0907 e. The Morgan fingerprint density at radius 1 is 1.47 bits per heavy atom. The molecule has 2 atom stereocenters. The van der Waals surface area contributed by atoms with Gasteiger partial charge in [0.25, 0.3) is 0 Å². The van der Waals surface area contributed by atoms with Crippen LogP contribution >= 0.6 is 11.3 Å². The molecule has 0 aliphatic heterocycles.